The van der Waals surface area contributed by atoms with Gasteiger partial charge in [0.2, 0.25) is 0 Å². The Hall–Kier alpha value is -2.35. The number of carboxylic acid groups (broad SMARTS) is 1. The number of carboxylic acids is 1. The summed E-state index contributed by atoms with van der Waals surface area (Å²) in [6, 6.07) is 3.48. The Bertz CT molecular complexity index is 768. The predicted octanol–water partition coefficient (Wildman–Crippen LogP) is 4.48. The van der Waals surface area contributed by atoms with Gasteiger partial charge in [-0.3, -0.25) is 4.79 Å². The van der Waals surface area contributed by atoms with Crippen LogP contribution in [-0.4, -0.2) is 23.2 Å². The molecule has 0 heterocycles. The van der Waals surface area contributed by atoms with Gasteiger partial charge in [-0.05, 0) is 30.7 Å². The molecular weight excluding hydrogens is 354 g/mol. The van der Waals surface area contributed by atoms with Gasteiger partial charge in [0.15, 0.2) is 0 Å². The molecule has 0 saturated heterocycles. The van der Waals surface area contributed by atoms with Crippen LogP contribution in [0.3, 0.4) is 0 Å². The standard InChI is InChI=1S/C15H10ClF4NO3/c16-11-3-2-8(6-9(11)14(23)24)21-13(22)10-5-7(15(18,19)20)1-4-12(10)17/h2-3,5-6H,1,4H2,(H,21,22)(H,23,24). The van der Waals surface area contributed by atoms with Gasteiger partial charge in [-0.1, -0.05) is 11.6 Å². The van der Waals surface area contributed by atoms with Crippen molar-refractivity contribution in [3.05, 3.63) is 51.8 Å². The summed E-state index contributed by atoms with van der Waals surface area (Å²) >= 11 is 5.67. The van der Waals surface area contributed by atoms with Crippen LogP contribution < -0.4 is 5.32 Å². The normalized spacial score (nSPS) is 15.1. The topological polar surface area (TPSA) is 66.4 Å². The molecule has 0 aliphatic heterocycles. The molecule has 0 unspecified atom stereocenters. The highest BCUT2D eigenvalue weighted by Gasteiger charge is 2.36. The molecule has 1 amide bonds. The van der Waals surface area contributed by atoms with Crippen molar-refractivity contribution >= 4 is 29.2 Å². The maximum atomic E-state index is 13.7. The lowest BCUT2D eigenvalue weighted by molar-refractivity contribution is -0.112. The molecule has 1 aromatic rings. The fourth-order valence-electron chi connectivity index (χ4n) is 2.08. The highest BCUT2D eigenvalue weighted by Crippen LogP contribution is 2.36. The fraction of sp³-hybridized carbons (Fsp3) is 0.200. The molecule has 2 N–H and O–H groups in total. The van der Waals surface area contributed by atoms with Crippen LogP contribution in [0.1, 0.15) is 23.2 Å². The Kier molecular flexibility index (Phi) is 4.98. The number of amides is 1. The minimum atomic E-state index is -4.65. The van der Waals surface area contributed by atoms with Crippen LogP contribution in [0.5, 0.6) is 0 Å². The van der Waals surface area contributed by atoms with Gasteiger partial charge >= 0.3 is 12.1 Å². The Morgan fingerprint density at radius 2 is 1.88 bits per heavy atom. The molecule has 0 fully saturated rings. The second-order valence-corrected chi connectivity index (χ2v) is 5.35. The first kappa shape index (κ1) is 18.0. The maximum absolute atomic E-state index is 13.7. The third kappa shape index (κ3) is 3.94. The van der Waals surface area contributed by atoms with Crippen molar-refractivity contribution in [3.63, 3.8) is 0 Å². The SMILES string of the molecule is O=C(Nc1ccc(Cl)c(C(=O)O)c1)C1=C(F)CCC(C(F)(F)F)=C1. The van der Waals surface area contributed by atoms with Crippen molar-refractivity contribution in [2.24, 2.45) is 0 Å². The summed E-state index contributed by atoms with van der Waals surface area (Å²) in [7, 11) is 0. The van der Waals surface area contributed by atoms with E-state index in [2.05, 4.69) is 5.32 Å². The van der Waals surface area contributed by atoms with Gasteiger partial charge in [0.1, 0.15) is 5.83 Å². The van der Waals surface area contributed by atoms with Crippen molar-refractivity contribution in [1.29, 1.82) is 0 Å². The molecular formula is C15H10ClF4NO3. The average Bonchev–Trinajstić information content (AvgIpc) is 2.48. The minimum Gasteiger partial charge on any atom is -0.478 e. The lowest BCUT2D eigenvalue weighted by atomic mass is 9.97. The molecule has 0 atom stereocenters. The number of hydrogen-bond acceptors (Lipinski definition) is 2. The monoisotopic (exact) mass is 363 g/mol. The smallest absolute Gasteiger partial charge is 0.412 e. The van der Waals surface area contributed by atoms with Crippen molar-refractivity contribution in [3.8, 4) is 0 Å². The van der Waals surface area contributed by atoms with Gasteiger partial charge in [-0.15, -0.1) is 0 Å². The number of hydrogen-bond donors (Lipinski definition) is 2. The summed E-state index contributed by atoms with van der Waals surface area (Å²) in [4.78, 5) is 23.0. The van der Waals surface area contributed by atoms with Crippen molar-refractivity contribution in [2.45, 2.75) is 19.0 Å². The van der Waals surface area contributed by atoms with Crippen LogP contribution in [0.4, 0.5) is 23.2 Å². The van der Waals surface area contributed by atoms with Crippen LogP contribution in [0.2, 0.25) is 5.02 Å². The van der Waals surface area contributed by atoms with Crippen molar-refractivity contribution in [1.82, 2.24) is 0 Å². The first-order valence-electron chi connectivity index (χ1n) is 6.60. The van der Waals surface area contributed by atoms with E-state index in [1.54, 1.807) is 0 Å². The first-order chi connectivity index (χ1) is 11.1. The van der Waals surface area contributed by atoms with Crippen molar-refractivity contribution in [2.75, 3.05) is 5.32 Å². The lowest BCUT2D eigenvalue weighted by Gasteiger charge is -2.17. The minimum absolute atomic E-state index is 0.0327. The third-order valence-corrected chi connectivity index (χ3v) is 3.62. The van der Waals surface area contributed by atoms with Crippen LogP contribution in [-0.2, 0) is 4.79 Å². The van der Waals surface area contributed by atoms with E-state index < -0.39 is 47.9 Å². The predicted molar refractivity (Wildman–Crippen MR) is 78.5 cm³/mol. The number of carbonyl (C=O) groups excluding carboxylic acids is 1. The van der Waals surface area contributed by atoms with Gasteiger partial charge in [0.05, 0.1) is 16.2 Å². The molecule has 1 aliphatic carbocycles. The summed E-state index contributed by atoms with van der Waals surface area (Å²) in [6.45, 7) is 0. The van der Waals surface area contributed by atoms with Gasteiger partial charge < -0.3 is 10.4 Å². The quantitative estimate of drug-likeness (QED) is 0.778. The number of aromatic carboxylic acids is 1. The van der Waals surface area contributed by atoms with Gasteiger partial charge in [-0.25, -0.2) is 9.18 Å². The van der Waals surface area contributed by atoms with E-state index in [1.165, 1.54) is 12.1 Å². The second-order valence-electron chi connectivity index (χ2n) is 4.94. The highest BCUT2D eigenvalue weighted by atomic mass is 35.5. The Labute approximate surface area is 138 Å². The van der Waals surface area contributed by atoms with Crippen LogP contribution in [0.15, 0.2) is 41.2 Å². The summed E-state index contributed by atoms with van der Waals surface area (Å²) in [5.74, 6) is -3.42. The molecule has 1 aliphatic rings. The summed E-state index contributed by atoms with van der Waals surface area (Å²) in [6.07, 6.45) is -5.27. The molecule has 4 nitrogen and oxygen atoms in total. The fourth-order valence-corrected chi connectivity index (χ4v) is 2.28. The number of allylic oxidation sites excluding steroid dienone is 2. The Morgan fingerprint density at radius 1 is 1.21 bits per heavy atom. The third-order valence-electron chi connectivity index (χ3n) is 3.29. The number of alkyl halides is 3. The summed E-state index contributed by atoms with van der Waals surface area (Å²) in [5.41, 5.74) is -2.08. The Balaban J connectivity index is 2.28. The number of carbonyl (C=O) groups is 2. The first-order valence-corrected chi connectivity index (χ1v) is 6.98. The number of benzene rings is 1. The average molecular weight is 364 g/mol. The molecule has 1 aromatic carbocycles. The number of nitrogens with one attached hydrogen (secondary N) is 1. The molecule has 24 heavy (non-hydrogen) atoms. The number of rotatable bonds is 3. The molecule has 0 aromatic heterocycles. The van der Waals surface area contributed by atoms with Gasteiger partial charge in [0, 0.05) is 17.7 Å². The zero-order chi connectivity index (χ0) is 18.1. The maximum Gasteiger partial charge on any atom is 0.412 e. The molecule has 0 bridgehead atoms. The van der Waals surface area contributed by atoms with Crippen LogP contribution in [0, 0.1) is 0 Å². The molecule has 0 saturated carbocycles. The largest absolute Gasteiger partial charge is 0.478 e. The van der Waals surface area contributed by atoms with Crippen LogP contribution >= 0.6 is 11.6 Å². The number of halogens is 5. The summed E-state index contributed by atoms with van der Waals surface area (Å²) < 4.78 is 51.8. The Morgan fingerprint density at radius 3 is 2.46 bits per heavy atom. The van der Waals surface area contributed by atoms with Crippen LogP contribution in [0.25, 0.3) is 0 Å². The van der Waals surface area contributed by atoms with E-state index in [1.807, 2.05) is 0 Å². The second kappa shape index (κ2) is 6.64. The number of anilines is 1. The van der Waals surface area contributed by atoms with E-state index in [9.17, 15) is 27.2 Å². The summed E-state index contributed by atoms with van der Waals surface area (Å²) in [5, 5.41) is 11.0. The van der Waals surface area contributed by atoms with E-state index in [0.717, 1.165) is 6.07 Å². The van der Waals surface area contributed by atoms with Gasteiger partial charge in [0.25, 0.3) is 5.91 Å². The van der Waals surface area contributed by atoms with Gasteiger partial charge in [-0.2, -0.15) is 13.2 Å². The zero-order valence-corrected chi connectivity index (χ0v) is 12.6. The molecule has 0 spiro atoms. The zero-order valence-electron chi connectivity index (χ0n) is 11.9. The molecule has 2 rings (SSSR count). The van der Waals surface area contributed by atoms with E-state index in [4.69, 9.17) is 16.7 Å². The highest BCUT2D eigenvalue weighted by molar-refractivity contribution is 6.33. The van der Waals surface area contributed by atoms with E-state index in [0.29, 0.717) is 6.08 Å². The van der Waals surface area contributed by atoms with E-state index >= 15 is 0 Å². The van der Waals surface area contributed by atoms with E-state index in [-0.39, 0.29) is 16.3 Å². The molecule has 9 heteroatoms. The van der Waals surface area contributed by atoms with Crippen molar-refractivity contribution < 1.29 is 32.3 Å². The molecule has 0 radical (unpaired) electrons. The lowest BCUT2D eigenvalue weighted by Crippen LogP contribution is -2.20. The molecule has 128 valence electrons.